The van der Waals surface area contributed by atoms with Crippen LogP contribution >= 0.6 is 12.4 Å². The van der Waals surface area contributed by atoms with Crippen LogP contribution in [-0.2, 0) is 10.2 Å². The maximum Gasteiger partial charge on any atom is 0.281 e. The van der Waals surface area contributed by atoms with Gasteiger partial charge in [-0.2, -0.15) is 17.0 Å². The molecule has 2 atom stereocenters. The fourth-order valence-electron chi connectivity index (χ4n) is 2.33. The molecule has 7 heteroatoms. The van der Waals surface area contributed by atoms with Gasteiger partial charge >= 0.3 is 0 Å². The van der Waals surface area contributed by atoms with Crippen molar-refractivity contribution in [3.8, 4) is 0 Å². The van der Waals surface area contributed by atoms with E-state index in [4.69, 9.17) is 5.73 Å². The van der Waals surface area contributed by atoms with Crippen LogP contribution in [0.25, 0.3) is 0 Å². The zero-order chi connectivity index (χ0) is 13.1. The Balaban J connectivity index is 0.00000289. The van der Waals surface area contributed by atoms with Crippen molar-refractivity contribution in [2.75, 3.05) is 26.2 Å². The van der Waals surface area contributed by atoms with E-state index in [1.54, 1.807) is 4.31 Å². The van der Waals surface area contributed by atoms with Crippen LogP contribution in [0.2, 0.25) is 0 Å². The molecule has 110 valence electrons. The van der Waals surface area contributed by atoms with Crippen molar-refractivity contribution >= 4 is 22.6 Å². The van der Waals surface area contributed by atoms with E-state index >= 15 is 0 Å². The zero-order valence-electron chi connectivity index (χ0n) is 11.5. The van der Waals surface area contributed by atoms with Gasteiger partial charge in [-0.15, -0.1) is 12.4 Å². The van der Waals surface area contributed by atoms with Crippen molar-refractivity contribution in [1.29, 1.82) is 0 Å². The average Bonchev–Trinajstić information content (AvgIpc) is 2.30. The van der Waals surface area contributed by atoms with Gasteiger partial charge in [0.05, 0.1) is 0 Å². The van der Waals surface area contributed by atoms with Crippen molar-refractivity contribution < 1.29 is 8.42 Å². The molecule has 1 aliphatic heterocycles. The smallest absolute Gasteiger partial charge is 0.281 e. The van der Waals surface area contributed by atoms with Gasteiger partial charge in [-0.25, -0.2) is 0 Å². The highest BCUT2D eigenvalue weighted by molar-refractivity contribution is 7.86. The number of nitrogens with two attached hydrogens (primary N) is 1. The number of halogens is 1. The Morgan fingerprint density at radius 1 is 1.39 bits per heavy atom. The molecule has 0 radical (unpaired) electrons. The summed E-state index contributed by atoms with van der Waals surface area (Å²) in [5.74, 6) is 0.286. The third-order valence-corrected chi connectivity index (χ3v) is 5.68. The van der Waals surface area contributed by atoms with E-state index in [0.717, 1.165) is 12.8 Å². The summed E-state index contributed by atoms with van der Waals surface area (Å²) in [6.45, 7) is 7.94. The molecular weight excluding hydrogens is 274 g/mol. The van der Waals surface area contributed by atoms with Gasteiger partial charge in [-0.05, 0) is 25.7 Å². The zero-order valence-corrected chi connectivity index (χ0v) is 13.1. The van der Waals surface area contributed by atoms with Crippen molar-refractivity contribution in [2.24, 2.45) is 11.7 Å². The normalized spacial score (nSPS) is 23.7. The first kappa shape index (κ1) is 18.1. The molecule has 1 saturated heterocycles. The average molecular weight is 300 g/mol. The standard InChI is InChI=1S/C11H25N3O2S.ClH/c1-4-13(5-2)17(15,16)14-8-6-7-11(9-14)10(3)12;/h10-11H,4-9,12H2,1-3H3;1H. The van der Waals surface area contributed by atoms with Crippen LogP contribution in [0.1, 0.15) is 33.6 Å². The molecule has 18 heavy (non-hydrogen) atoms. The SMILES string of the molecule is CCN(CC)S(=O)(=O)N1CCCC(C(C)N)C1.Cl. The van der Waals surface area contributed by atoms with E-state index in [1.807, 2.05) is 20.8 Å². The van der Waals surface area contributed by atoms with Gasteiger partial charge in [-0.3, -0.25) is 0 Å². The van der Waals surface area contributed by atoms with Crippen LogP contribution in [0.4, 0.5) is 0 Å². The number of hydrogen-bond donors (Lipinski definition) is 1. The Bertz CT molecular complexity index is 331. The van der Waals surface area contributed by atoms with Gasteiger partial charge in [0.25, 0.3) is 10.2 Å². The van der Waals surface area contributed by atoms with E-state index in [-0.39, 0.29) is 24.4 Å². The summed E-state index contributed by atoms with van der Waals surface area (Å²) in [7, 11) is -3.28. The third-order valence-electron chi connectivity index (χ3n) is 3.52. The number of rotatable bonds is 5. The first-order valence-electron chi connectivity index (χ1n) is 6.44. The quantitative estimate of drug-likeness (QED) is 0.825. The molecule has 1 heterocycles. The lowest BCUT2D eigenvalue weighted by molar-refractivity contribution is 0.229. The van der Waals surface area contributed by atoms with Crippen molar-refractivity contribution in [3.05, 3.63) is 0 Å². The Hall–Kier alpha value is 0.120. The van der Waals surface area contributed by atoms with Crippen LogP contribution in [0.5, 0.6) is 0 Å². The molecule has 2 unspecified atom stereocenters. The summed E-state index contributed by atoms with van der Waals surface area (Å²) >= 11 is 0. The first-order chi connectivity index (χ1) is 7.93. The second-order valence-electron chi connectivity index (χ2n) is 4.71. The monoisotopic (exact) mass is 299 g/mol. The molecule has 0 aromatic carbocycles. The lowest BCUT2D eigenvalue weighted by Gasteiger charge is -2.36. The van der Waals surface area contributed by atoms with Gasteiger partial charge < -0.3 is 5.73 Å². The summed E-state index contributed by atoms with van der Waals surface area (Å²) < 4.78 is 27.8. The minimum absolute atomic E-state index is 0. The highest BCUT2D eigenvalue weighted by atomic mass is 35.5. The second kappa shape index (κ2) is 7.65. The fourth-order valence-corrected chi connectivity index (χ4v) is 4.04. The topological polar surface area (TPSA) is 66.6 Å². The maximum atomic E-state index is 12.3. The number of hydrogen-bond acceptors (Lipinski definition) is 3. The summed E-state index contributed by atoms with van der Waals surface area (Å²) in [6.07, 6.45) is 1.94. The van der Waals surface area contributed by atoms with Crippen LogP contribution in [-0.4, -0.2) is 49.2 Å². The lowest BCUT2D eigenvalue weighted by atomic mass is 9.93. The molecule has 1 aliphatic rings. The first-order valence-corrected chi connectivity index (χ1v) is 7.84. The minimum atomic E-state index is -3.28. The van der Waals surface area contributed by atoms with E-state index in [1.165, 1.54) is 4.31 Å². The molecule has 0 saturated carbocycles. The van der Waals surface area contributed by atoms with Crippen LogP contribution in [0, 0.1) is 5.92 Å². The Morgan fingerprint density at radius 2 is 1.94 bits per heavy atom. The lowest BCUT2D eigenvalue weighted by Crippen LogP contribution is -2.50. The van der Waals surface area contributed by atoms with Gasteiger partial charge in [0.1, 0.15) is 0 Å². The Kier molecular flexibility index (Phi) is 7.70. The highest BCUT2D eigenvalue weighted by Gasteiger charge is 2.33. The Morgan fingerprint density at radius 3 is 2.39 bits per heavy atom. The molecule has 0 amide bonds. The fraction of sp³-hybridized carbons (Fsp3) is 1.00. The van der Waals surface area contributed by atoms with Crippen molar-refractivity contribution in [1.82, 2.24) is 8.61 Å². The molecule has 0 aromatic heterocycles. The molecule has 0 aromatic rings. The van der Waals surface area contributed by atoms with E-state index in [0.29, 0.717) is 26.2 Å². The molecule has 0 bridgehead atoms. The summed E-state index contributed by atoms with van der Waals surface area (Å²) in [5, 5.41) is 0. The molecule has 0 spiro atoms. The highest BCUT2D eigenvalue weighted by Crippen LogP contribution is 2.22. The van der Waals surface area contributed by atoms with E-state index in [2.05, 4.69) is 0 Å². The van der Waals surface area contributed by atoms with E-state index in [9.17, 15) is 8.42 Å². The predicted octanol–water partition coefficient (Wildman–Crippen LogP) is 1.05. The van der Waals surface area contributed by atoms with Crippen LogP contribution < -0.4 is 5.73 Å². The van der Waals surface area contributed by atoms with Crippen molar-refractivity contribution in [2.45, 2.75) is 39.7 Å². The van der Waals surface area contributed by atoms with Gasteiger partial charge in [-0.1, -0.05) is 13.8 Å². The Labute approximate surface area is 117 Å². The third kappa shape index (κ3) is 4.06. The summed E-state index contributed by atoms with van der Waals surface area (Å²) in [5.41, 5.74) is 5.88. The van der Waals surface area contributed by atoms with E-state index < -0.39 is 10.2 Å². The van der Waals surface area contributed by atoms with Crippen LogP contribution in [0.15, 0.2) is 0 Å². The largest absolute Gasteiger partial charge is 0.328 e. The molecular formula is C11H26ClN3O2S. The number of piperidine rings is 1. The van der Waals surface area contributed by atoms with Gasteiger partial charge in [0.2, 0.25) is 0 Å². The molecule has 0 aliphatic carbocycles. The minimum Gasteiger partial charge on any atom is -0.328 e. The number of nitrogens with zero attached hydrogens (tertiary/aromatic N) is 2. The van der Waals surface area contributed by atoms with Gasteiger partial charge in [0.15, 0.2) is 0 Å². The molecule has 1 rings (SSSR count). The molecule has 5 nitrogen and oxygen atoms in total. The summed E-state index contributed by atoms with van der Waals surface area (Å²) in [6, 6.07) is 0.0599. The molecule has 1 fully saturated rings. The predicted molar refractivity (Wildman–Crippen MR) is 77.0 cm³/mol. The second-order valence-corrected chi connectivity index (χ2v) is 6.64. The summed E-state index contributed by atoms with van der Waals surface area (Å²) in [4.78, 5) is 0. The molecule has 2 N–H and O–H groups in total. The van der Waals surface area contributed by atoms with Crippen molar-refractivity contribution in [3.63, 3.8) is 0 Å². The van der Waals surface area contributed by atoms with Gasteiger partial charge in [0, 0.05) is 32.2 Å². The van der Waals surface area contributed by atoms with Crippen LogP contribution in [0.3, 0.4) is 0 Å². The maximum absolute atomic E-state index is 12.3.